The lowest BCUT2D eigenvalue weighted by atomic mass is 9.93. The molecule has 2 rings (SSSR count). The van der Waals surface area contributed by atoms with E-state index in [0.29, 0.717) is 6.04 Å². The summed E-state index contributed by atoms with van der Waals surface area (Å²) in [5, 5.41) is 3.69. The van der Waals surface area contributed by atoms with Crippen LogP contribution >= 0.6 is 0 Å². The Balaban J connectivity index is 2.27. The predicted octanol–water partition coefficient (Wildman–Crippen LogP) is 3.82. The van der Waals surface area contributed by atoms with E-state index < -0.39 is 0 Å². The van der Waals surface area contributed by atoms with Gasteiger partial charge in [-0.2, -0.15) is 0 Å². The Morgan fingerprint density at radius 2 is 1.69 bits per heavy atom. The molecule has 0 bridgehead atoms. The van der Waals surface area contributed by atoms with Crippen LogP contribution in [0, 0.1) is 20.8 Å². The molecule has 1 heteroatoms. The van der Waals surface area contributed by atoms with Crippen LogP contribution in [0.1, 0.15) is 54.0 Å². The van der Waals surface area contributed by atoms with Crippen LogP contribution in [0.3, 0.4) is 0 Å². The van der Waals surface area contributed by atoms with Crippen LogP contribution in [-0.2, 0) is 0 Å². The summed E-state index contributed by atoms with van der Waals surface area (Å²) in [4.78, 5) is 0. The van der Waals surface area contributed by atoms with Gasteiger partial charge in [0, 0.05) is 6.04 Å². The van der Waals surface area contributed by atoms with Crippen LogP contribution in [0.2, 0.25) is 0 Å². The molecule has 0 radical (unpaired) electrons. The first-order chi connectivity index (χ1) is 7.68. The van der Waals surface area contributed by atoms with Gasteiger partial charge in [0.25, 0.3) is 0 Å². The Labute approximate surface area is 99.3 Å². The van der Waals surface area contributed by atoms with Crippen molar-refractivity contribution in [3.8, 4) is 0 Å². The number of rotatable bonds is 1. The second-order valence-electron chi connectivity index (χ2n) is 5.15. The zero-order chi connectivity index (χ0) is 11.5. The minimum absolute atomic E-state index is 0.585. The third-order valence-corrected chi connectivity index (χ3v) is 3.82. The standard InChI is InChI=1S/C15H23N/c1-11-9-13(3)14(10-12(11)2)15-7-5-4-6-8-16-15/h9-10,15-16H,4-8H2,1-3H3/t15-/m0/s1. The van der Waals surface area contributed by atoms with Crippen molar-refractivity contribution in [2.24, 2.45) is 0 Å². The van der Waals surface area contributed by atoms with Crippen LogP contribution in [0.5, 0.6) is 0 Å². The van der Waals surface area contributed by atoms with E-state index in [0.717, 1.165) is 0 Å². The number of hydrogen-bond acceptors (Lipinski definition) is 1. The summed E-state index contributed by atoms with van der Waals surface area (Å²) < 4.78 is 0. The number of benzene rings is 1. The summed E-state index contributed by atoms with van der Waals surface area (Å²) >= 11 is 0. The second kappa shape index (κ2) is 5.01. The van der Waals surface area contributed by atoms with Gasteiger partial charge in [-0.1, -0.05) is 25.0 Å². The van der Waals surface area contributed by atoms with Crippen LogP contribution in [0.25, 0.3) is 0 Å². The first-order valence-corrected chi connectivity index (χ1v) is 6.49. The maximum absolute atomic E-state index is 3.69. The van der Waals surface area contributed by atoms with Crippen LogP contribution in [-0.4, -0.2) is 6.54 Å². The topological polar surface area (TPSA) is 12.0 Å². The van der Waals surface area contributed by atoms with Crippen molar-refractivity contribution in [2.45, 2.75) is 52.5 Å². The Hall–Kier alpha value is -0.820. The molecule has 0 amide bonds. The van der Waals surface area contributed by atoms with Gasteiger partial charge in [-0.3, -0.25) is 0 Å². The zero-order valence-corrected chi connectivity index (χ0v) is 10.8. The Morgan fingerprint density at radius 3 is 2.50 bits per heavy atom. The highest BCUT2D eigenvalue weighted by Crippen LogP contribution is 2.27. The minimum Gasteiger partial charge on any atom is -0.310 e. The lowest BCUT2D eigenvalue weighted by Crippen LogP contribution is -2.21. The predicted molar refractivity (Wildman–Crippen MR) is 69.9 cm³/mol. The maximum Gasteiger partial charge on any atom is 0.0322 e. The molecular weight excluding hydrogens is 194 g/mol. The third kappa shape index (κ3) is 2.46. The van der Waals surface area contributed by atoms with Crippen molar-refractivity contribution >= 4 is 0 Å². The van der Waals surface area contributed by atoms with Gasteiger partial charge in [0.1, 0.15) is 0 Å². The van der Waals surface area contributed by atoms with Crippen LogP contribution in [0.15, 0.2) is 12.1 Å². The molecule has 1 atom stereocenters. The smallest absolute Gasteiger partial charge is 0.0322 e. The molecule has 1 aliphatic rings. The van der Waals surface area contributed by atoms with Gasteiger partial charge < -0.3 is 5.32 Å². The fraction of sp³-hybridized carbons (Fsp3) is 0.600. The van der Waals surface area contributed by atoms with E-state index in [1.165, 1.54) is 54.5 Å². The molecule has 1 N–H and O–H groups in total. The average molecular weight is 217 g/mol. The lowest BCUT2D eigenvalue weighted by Gasteiger charge is -2.20. The summed E-state index contributed by atoms with van der Waals surface area (Å²) in [7, 11) is 0. The Morgan fingerprint density at radius 1 is 0.938 bits per heavy atom. The van der Waals surface area contributed by atoms with Crippen molar-refractivity contribution in [2.75, 3.05) is 6.54 Å². The van der Waals surface area contributed by atoms with E-state index in [-0.39, 0.29) is 0 Å². The van der Waals surface area contributed by atoms with Gasteiger partial charge in [-0.25, -0.2) is 0 Å². The van der Waals surface area contributed by atoms with Gasteiger partial charge in [0.05, 0.1) is 0 Å². The molecular formula is C15H23N. The molecule has 0 saturated carbocycles. The van der Waals surface area contributed by atoms with Crippen molar-refractivity contribution in [3.63, 3.8) is 0 Å². The highest BCUT2D eigenvalue weighted by molar-refractivity contribution is 5.38. The first kappa shape index (κ1) is 11.7. The molecule has 16 heavy (non-hydrogen) atoms. The summed E-state index contributed by atoms with van der Waals surface area (Å²) in [6.07, 6.45) is 5.38. The number of nitrogens with one attached hydrogen (secondary N) is 1. The van der Waals surface area contributed by atoms with Gasteiger partial charge >= 0.3 is 0 Å². The largest absolute Gasteiger partial charge is 0.310 e. The normalized spacial score (nSPS) is 21.8. The quantitative estimate of drug-likeness (QED) is 0.754. The van der Waals surface area contributed by atoms with Gasteiger partial charge in [-0.05, 0) is 62.4 Å². The molecule has 1 nitrogen and oxygen atoms in total. The van der Waals surface area contributed by atoms with E-state index in [2.05, 4.69) is 38.2 Å². The molecule has 1 aliphatic heterocycles. The van der Waals surface area contributed by atoms with Crippen molar-refractivity contribution in [1.82, 2.24) is 5.32 Å². The molecule has 1 fully saturated rings. The van der Waals surface area contributed by atoms with E-state index in [1.54, 1.807) is 0 Å². The Kier molecular flexibility index (Phi) is 3.65. The van der Waals surface area contributed by atoms with Crippen LogP contribution in [0.4, 0.5) is 0 Å². The summed E-state index contributed by atoms with van der Waals surface area (Å²) in [6.45, 7) is 7.84. The molecule has 1 heterocycles. The molecule has 1 aromatic carbocycles. The molecule has 1 saturated heterocycles. The molecule has 0 aromatic heterocycles. The van der Waals surface area contributed by atoms with E-state index in [4.69, 9.17) is 0 Å². The van der Waals surface area contributed by atoms with E-state index >= 15 is 0 Å². The van der Waals surface area contributed by atoms with Crippen molar-refractivity contribution in [1.29, 1.82) is 0 Å². The summed E-state index contributed by atoms with van der Waals surface area (Å²) in [5.41, 5.74) is 5.80. The number of hydrogen-bond donors (Lipinski definition) is 1. The van der Waals surface area contributed by atoms with Gasteiger partial charge in [0.15, 0.2) is 0 Å². The SMILES string of the molecule is Cc1cc(C)c([C@@H]2CCCCCN2)cc1C. The van der Waals surface area contributed by atoms with Crippen molar-refractivity contribution < 1.29 is 0 Å². The monoisotopic (exact) mass is 217 g/mol. The summed E-state index contributed by atoms with van der Waals surface area (Å²) in [5.74, 6) is 0. The first-order valence-electron chi connectivity index (χ1n) is 6.49. The van der Waals surface area contributed by atoms with E-state index in [9.17, 15) is 0 Å². The molecule has 0 unspecified atom stereocenters. The van der Waals surface area contributed by atoms with Crippen LogP contribution < -0.4 is 5.32 Å². The summed E-state index contributed by atoms with van der Waals surface area (Å²) in [6, 6.07) is 5.30. The highest BCUT2D eigenvalue weighted by atomic mass is 14.9. The van der Waals surface area contributed by atoms with Crippen molar-refractivity contribution in [3.05, 3.63) is 34.4 Å². The fourth-order valence-corrected chi connectivity index (χ4v) is 2.65. The Bertz CT molecular complexity index is 360. The number of aryl methyl sites for hydroxylation is 3. The minimum atomic E-state index is 0.585. The molecule has 0 aliphatic carbocycles. The zero-order valence-electron chi connectivity index (χ0n) is 10.8. The fourth-order valence-electron chi connectivity index (χ4n) is 2.65. The maximum atomic E-state index is 3.69. The second-order valence-corrected chi connectivity index (χ2v) is 5.15. The molecule has 1 aromatic rings. The van der Waals surface area contributed by atoms with Gasteiger partial charge in [-0.15, -0.1) is 0 Å². The van der Waals surface area contributed by atoms with E-state index in [1.807, 2.05) is 0 Å². The highest BCUT2D eigenvalue weighted by Gasteiger charge is 2.15. The molecule has 0 spiro atoms. The molecule has 88 valence electrons. The van der Waals surface area contributed by atoms with Gasteiger partial charge in [0.2, 0.25) is 0 Å². The third-order valence-electron chi connectivity index (χ3n) is 3.82. The average Bonchev–Trinajstić information content (AvgIpc) is 2.52. The lowest BCUT2D eigenvalue weighted by molar-refractivity contribution is 0.532.